The molecule has 0 aliphatic heterocycles. The van der Waals surface area contributed by atoms with Crippen molar-refractivity contribution in [3.05, 3.63) is 24.0 Å². The highest BCUT2D eigenvalue weighted by molar-refractivity contribution is 5.06. The summed E-state index contributed by atoms with van der Waals surface area (Å²) in [5, 5.41) is 3.35. The molecule has 0 saturated heterocycles. The van der Waals surface area contributed by atoms with E-state index in [1.165, 1.54) is 5.69 Å². The molecular formula is C11H20N2O. The Hall–Kier alpha value is -0.800. The highest BCUT2D eigenvalue weighted by Gasteiger charge is 1.97. The molecule has 0 aliphatic rings. The number of rotatable bonds is 7. The second-order valence-electron chi connectivity index (χ2n) is 3.16. The van der Waals surface area contributed by atoms with Crippen molar-refractivity contribution in [3.8, 4) is 0 Å². The highest BCUT2D eigenvalue weighted by atomic mass is 16.5. The van der Waals surface area contributed by atoms with Crippen LogP contribution >= 0.6 is 0 Å². The molecule has 0 unspecified atom stereocenters. The molecule has 0 saturated carbocycles. The minimum atomic E-state index is 0.795. The fourth-order valence-corrected chi connectivity index (χ4v) is 1.42. The van der Waals surface area contributed by atoms with E-state index in [0.717, 1.165) is 32.8 Å². The van der Waals surface area contributed by atoms with Crippen LogP contribution in [0, 0.1) is 0 Å². The van der Waals surface area contributed by atoms with E-state index in [1.54, 1.807) is 0 Å². The van der Waals surface area contributed by atoms with Crippen LogP contribution in [0.25, 0.3) is 0 Å². The van der Waals surface area contributed by atoms with Crippen LogP contribution < -0.4 is 5.32 Å². The molecule has 0 aromatic carbocycles. The van der Waals surface area contributed by atoms with Gasteiger partial charge in [0.15, 0.2) is 0 Å². The molecule has 0 aliphatic carbocycles. The first kappa shape index (κ1) is 11.3. The molecule has 1 rings (SSSR count). The lowest BCUT2D eigenvalue weighted by molar-refractivity contribution is 0.149. The van der Waals surface area contributed by atoms with Crippen LogP contribution in [-0.4, -0.2) is 24.3 Å². The van der Waals surface area contributed by atoms with Gasteiger partial charge in [0.2, 0.25) is 0 Å². The molecule has 1 N–H and O–H groups in total. The Morgan fingerprint density at radius 1 is 1.43 bits per heavy atom. The van der Waals surface area contributed by atoms with Crippen molar-refractivity contribution in [2.75, 3.05) is 19.8 Å². The Kier molecular flexibility index (Phi) is 5.33. The maximum absolute atomic E-state index is 5.24. The summed E-state index contributed by atoms with van der Waals surface area (Å²) >= 11 is 0. The summed E-state index contributed by atoms with van der Waals surface area (Å²) in [4.78, 5) is 0. The highest BCUT2D eigenvalue weighted by Crippen LogP contribution is 2.00. The smallest absolute Gasteiger partial charge is 0.0590 e. The monoisotopic (exact) mass is 196 g/mol. The van der Waals surface area contributed by atoms with Gasteiger partial charge in [-0.1, -0.05) is 0 Å². The summed E-state index contributed by atoms with van der Waals surface area (Å²) in [5.41, 5.74) is 1.34. The summed E-state index contributed by atoms with van der Waals surface area (Å²) in [5.74, 6) is 0. The van der Waals surface area contributed by atoms with E-state index in [2.05, 4.69) is 35.1 Å². The Labute approximate surface area is 86.1 Å². The fourth-order valence-electron chi connectivity index (χ4n) is 1.42. The summed E-state index contributed by atoms with van der Waals surface area (Å²) in [6, 6.07) is 4.24. The number of ether oxygens (including phenoxy) is 1. The first-order chi connectivity index (χ1) is 6.88. The zero-order chi connectivity index (χ0) is 10.2. The number of nitrogens with one attached hydrogen (secondary N) is 1. The molecular weight excluding hydrogens is 176 g/mol. The topological polar surface area (TPSA) is 26.2 Å². The van der Waals surface area contributed by atoms with Gasteiger partial charge in [0, 0.05) is 38.1 Å². The van der Waals surface area contributed by atoms with Crippen molar-refractivity contribution in [3.63, 3.8) is 0 Å². The van der Waals surface area contributed by atoms with Gasteiger partial charge in [0.1, 0.15) is 0 Å². The van der Waals surface area contributed by atoms with Gasteiger partial charge in [-0.3, -0.25) is 0 Å². The van der Waals surface area contributed by atoms with Gasteiger partial charge in [-0.15, -0.1) is 0 Å². The lowest BCUT2D eigenvalue weighted by Crippen LogP contribution is -2.20. The van der Waals surface area contributed by atoms with Crippen LogP contribution in [0.4, 0.5) is 0 Å². The quantitative estimate of drug-likeness (QED) is 0.671. The van der Waals surface area contributed by atoms with Crippen molar-refractivity contribution in [1.29, 1.82) is 0 Å². The van der Waals surface area contributed by atoms with E-state index in [0.29, 0.717) is 0 Å². The predicted molar refractivity (Wildman–Crippen MR) is 58.3 cm³/mol. The molecule has 0 bridgehead atoms. The fraction of sp³-hybridized carbons (Fsp3) is 0.636. The Morgan fingerprint density at radius 2 is 2.29 bits per heavy atom. The zero-order valence-corrected chi connectivity index (χ0v) is 9.12. The third kappa shape index (κ3) is 3.52. The van der Waals surface area contributed by atoms with Gasteiger partial charge >= 0.3 is 0 Å². The van der Waals surface area contributed by atoms with Gasteiger partial charge in [-0.25, -0.2) is 0 Å². The summed E-state index contributed by atoms with van der Waals surface area (Å²) in [7, 11) is 0. The molecule has 80 valence electrons. The van der Waals surface area contributed by atoms with Crippen LogP contribution in [0.5, 0.6) is 0 Å². The number of hydrogen-bond acceptors (Lipinski definition) is 2. The van der Waals surface area contributed by atoms with Gasteiger partial charge in [0.25, 0.3) is 0 Å². The number of aromatic nitrogens is 1. The average molecular weight is 196 g/mol. The molecule has 0 amide bonds. The molecule has 1 heterocycles. The Bertz CT molecular complexity index is 245. The molecule has 3 heteroatoms. The summed E-state index contributed by atoms with van der Waals surface area (Å²) < 4.78 is 7.48. The minimum absolute atomic E-state index is 0.795. The van der Waals surface area contributed by atoms with Crippen LogP contribution in [0.1, 0.15) is 19.5 Å². The molecule has 0 fully saturated rings. The van der Waals surface area contributed by atoms with Crippen molar-refractivity contribution >= 4 is 0 Å². The lowest BCUT2D eigenvalue weighted by atomic mass is 10.4. The largest absolute Gasteiger partial charge is 0.380 e. The van der Waals surface area contributed by atoms with Gasteiger partial charge in [-0.2, -0.15) is 0 Å². The molecule has 1 aromatic rings. The number of hydrogen-bond donors (Lipinski definition) is 1. The molecule has 0 spiro atoms. The van der Waals surface area contributed by atoms with Gasteiger partial charge in [-0.05, 0) is 26.0 Å². The predicted octanol–water partition coefficient (Wildman–Crippen LogP) is 1.63. The molecule has 3 nitrogen and oxygen atoms in total. The molecule has 0 atom stereocenters. The number of aryl methyl sites for hydroxylation is 1. The first-order valence-corrected chi connectivity index (χ1v) is 5.31. The van der Waals surface area contributed by atoms with Crippen LogP contribution in [0.15, 0.2) is 18.3 Å². The maximum atomic E-state index is 5.24. The average Bonchev–Trinajstić information content (AvgIpc) is 2.65. The number of nitrogens with zero attached hydrogens (tertiary/aromatic N) is 1. The van der Waals surface area contributed by atoms with E-state index in [1.807, 2.05) is 6.92 Å². The lowest BCUT2D eigenvalue weighted by Gasteiger charge is -2.07. The zero-order valence-electron chi connectivity index (χ0n) is 9.12. The maximum Gasteiger partial charge on any atom is 0.0590 e. The van der Waals surface area contributed by atoms with Crippen LogP contribution in [-0.2, 0) is 17.8 Å². The van der Waals surface area contributed by atoms with Crippen molar-refractivity contribution in [2.45, 2.75) is 26.9 Å². The third-order valence-corrected chi connectivity index (χ3v) is 2.20. The van der Waals surface area contributed by atoms with E-state index >= 15 is 0 Å². The Morgan fingerprint density at radius 3 is 3.00 bits per heavy atom. The van der Waals surface area contributed by atoms with Crippen molar-refractivity contribution in [1.82, 2.24) is 9.88 Å². The van der Waals surface area contributed by atoms with E-state index in [-0.39, 0.29) is 0 Å². The second kappa shape index (κ2) is 6.62. The van der Waals surface area contributed by atoms with Gasteiger partial charge < -0.3 is 14.6 Å². The molecule has 1 aromatic heterocycles. The first-order valence-electron chi connectivity index (χ1n) is 5.31. The minimum Gasteiger partial charge on any atom is -0.380 e. The molecule has 0 radical (unpaired) electrons. The Balaban J connectivity index is 2.17. The van der Waals surface area contributed by atoms with E-state index in [4.69, 9.17) is 4.74 Å². The van der Waals surface area contributed by atoms with E-state index < -0.39 is 0 Å². The van der Waals surface area contributed by atoms with Crippen LogP contribution in [0.2, 0.25) is 0 Å². The molecule has 14 heavy (non-hydrogen) atoms. The standard InChI is InChI=1S/C11H20N2O/c1-3-13-8-5-6-11(13)10-12-7-9-14-4-2/h5-6,8,12H,3-4,7,9-10H2,1-2H3. The van der Waals surface area contributed by atoms with Crippen molar-refractivity contribution < 1.29 is 4.74 Å². The van der Waals surface area contributed by atoms with Crippen molar-refractivity contribution in [2.24, 2.45) is 0 Å². The third-order valence-electron chi connectivity index (χ3n) is 2.20. The summed E-state index contributed by atoms with van der Waals surface area (Å²) in [6.07, 6.45) is 2.11. The summed E-state index contributed by atoms with van der Waals surface area (Å²) in [6.45, 7) is 8.65. The van der Waals surface area contributed by atoms with E-state index in [9.17, 15) is 0 Å². The van der Waals surface area contributed by atoms with Gasteiger partial charge in [0.05, 0.1) is 6.61 Å². The SMILES string of the molecule is CCOCCNCc1cccn1CC. The normalized spacial score (nSPS) is 10.7. The second-order valence-corrected chi connectivity index (χ2v) is 3.16. The van der Waals surface area contributed by atoms with Crippen LogP contribution in [0.3, 0.4) is 0 Å².